The van der Waals surface area contributed by atoms with E-state index in [1.165, 1.54) is 15.6 Å². The molecule has 13 rings (SSSR count). The molecule has 0 atom stereocenters. The molecule has 0 spiro atoms. The Kier molecular flexibility index (Phi) is 9.62. The first kappa shape index (κ1) is 39.5. The summed E-state index contributed by atoms with van der Waals surface area (Å²) < 4.78 is 7.61. The van der Waals surface area contributed by atoms with E-state index < -0.39 is 0 Å². The van der Waals surface area contributed by atoms with Crippen LogP contribution in [0.15, 0.2) is 235 Å². The minimum atomic E-state index is 0.565. The van der Waals surface area contributed by atoms with Gasteiger partial charge in [-0.05, 0) is 74.8 Å². The topological polar surface area (TPSA) is 64.7 Å². The summed E-state index contributed by atoms with van der Waals surface area (Å²) in [6.45, 7) is 0. The Balaban J connectivity index is 0.880. The third-order valence-corrected chi connectivity index (χ3v) is 13.8. The number of benzene rings is 9. The molecule has 4 aromatic heterocycles. The van der Waals surface area contributed by atoms with E-state index >= 15 is 0 Å². The molecule has 0 N–H and O–H groups in total. The van der Waals surface area contributed by atoms with Gasteiger partial charge in [0.15, 0.2) is 11.6 Å². The summed E-state index contributed by atoms with van der Waals surface area (Å²) in [5.74, 6) is 1.33. The van der Waals surface area contributed by atoms with E-state index in [2.05, 4.69) is 200 Å². The van der Waals surface area contributed by atoms with Gasteiger partial charge in [-0.3, -0.25) is 0 Å². The summed E-state index contributed by atoms with van der Waals surface area (Å²) in [6.07, 6.45) is 0. The fourth-order valence-corrected chi connectivity index (χ4v) is 10.5. The highest BCUT2D eigenvalue weighted by Gasteiger charge is 2.20. The van der Waals surface area contributed by atoms with Crippen molar-refractivity contribution in [2.45, 2.75) is 0 Å². The van der Waals surface area contributed by atoms with Crippen LogP contribution >= 0.6 is 11.3 Å². The van der Waals surface area contributed by atoms with Crippen molar-refractivity contribution >= 4 is 53.7 Å². The molecule has 0 saturated heterocycles. The lowest BCUT2D eigenvalue weighted by molar-refractivity contribution is 0.653. The molecular formula is C62H38N4OS. The number of rotatable bonds is 8. The van der Waals surface area contributed by atoms with Gasteiger partial charge in [0, 0.05) is 43.1 Å². The summed E-state index contributed by atoms with van der Waals surface area (Å²) in [5, 5.41) is 4.13. The van der Waals surface area contributed by atoms with E-state index in [4.69, 9.17) is 24.4 Å². The number of para-hydroxylation sites is 1. The van der Waals surface area contributed by atoms with Gasteiger partial charge in [-0.1, -0.05) is 200 Å². The molecule has 0 saturated carbocycles. The Morgan fingerprint density at radius 1 is 0.294 bits per heavy atom. The van der Waals surface area contributed by atoms with E-state index in [0.717, 1.165) is 99.2 Å². The Morgan fingerprint density at radius 2 is 0.706 bits per heavy atom. The van der Waals surface area contributed by atoms with Gasteiger partial charge in [0.2, 0.25) is 5.71 Å². The molecule has 0 amide bonds. The molecule has 0 fully saturated rings. The highest BCUT2D eigenvalue weighted by Crippen LogP contribution is 2.42. The van der Waals surface area contributed by atoms with Crippen LogP contribution in [0, 0.1) is 0 Å². The van der Waals surface area contributed by atoms with E-state index in [9.17, 15) is 0 Å². The average molecular weight is 887 g/mol. The summed E-state index contributed by atoms with van der Waals surface area (Å²) in [6, 6.07) is 80.7. The summed E-state index contributed by atoms with van der Waals surface area (Å²) in [5.41, 5.74) is 16.1. The summed E-state index contributed by atoms with van der Waals surface area (Å²) in [4.78, 5) is 21.8. The number of hydrogen-bond acceptors (Lipinski definition) is 6. The molecule has 5 nitrogen and oxygen atoms in total. The van der Waals surface area contributed by atoms with Gasteiger partial charge >= 0.3 is 0 Å². The summed E-state index contributed by atoms with van der Waals surface area (Å²) in [7, 11) is 0. The van der Waals surface area contributed by atoms with Crippen molar-refractivity contribution in [1.82, 2.24) is 19.9 Å². The van der Waals surface area contributed by atoms with Crippen molar-refractivity contribution in [3.8, 4) is 89.8 Å². The third-order valence-electron chi connectivity index (χ3n) is 12.8. The molecule has 13 aromatic rings. The van der Waals surface area contributed by atoms with Crippen LogP contribution in [-0.4, -0.2) is 19.9 Å². The van der Waals surface area contributed by atoms with Crippen LogP contribution in [-0.2, 0) is 0 Å². The molecule has 4 heterocycles. The molecule has 68 heavy (non-hydrogen) atoms. The number of hydrogen-bond donors (Lipinski definition) is 0. The molecule has 0 bridgehead atoms. The maximum Gasteiger partial charge on any atom is 0.231 e. The second-order valence-electron chi connectivity index (χ2n) is 17.0. The van der Waals surface area contributed by atoms with Crippen molar-refractivity contribution in [2.75, 3.05) is 0 Å². The van der Waals surface area contributed by atoms with Crippen LogP contribution in [0.2, 0.25) is 0 Å². The number of thiophene rings is 1. The maximum absolute atomic E-state index is 6.42. The SMILES string of the molecule is c1ccc(-c2ccc(-c3nc(-c4cccc(-c5cccc(-c6cccc(-c7nc(-c8ccc(-c9ccccc9)cc8)nc8sc9ccccc9c78)c6)c5)c4)c4c(n3)oc3ccccc34)cc2)cc1. The number of furan rings is 1. The largest absolute Gasteiger partial charge is 0.438 e. The molecule has 0 aliphatic heterocycles. The Labute approximate surface area is 396 Å². The molecular weight excluding hydrogens is 849 g/mol. The predicted octanol–water partition coefficient (Wildman–Crippen LogP) is 16.9. The van der Waals surface area contributed by atoms with Crippen molar-refractivity contribution < 1.29 is 4.42 Å². The van der Waals surface area contributed by atoms with Gasteiger partial charge in [0.05, 0.1) is 16.8 Å². The standard InChI is InChI=1S/C62H38N4OS/c1-3-14-39(15-4-1)41-28-32-43(33-29-41)59-63-57(55-51-24-7-9-26-53(51)67-61(55)65-59)49-22-12-20-47(37-49)45-18-11-19-46(36-45)48-21-13-23-50(38-48)58-56-52-25-8-10-27-54(52)68-62(56)66-60(64-58)44-34-30-42(31-35-44)40-16-5-2-6-17-40/h1-38H. The van der Waals surface area contributed by atoms with Gasteiger partial charge in [-0.15, -0.1) is 11.3 Å². The summed E-state index contributed by atoms with van der Waals surface area (Å²) >= 11 is 1.72. The minimum Gasteiger partial charge on any atom is -0.438 e. The van der Waals surface area contributed by atoms with Crippen LogP contribution in [0.25, 0.3) is 132 Å². The normalized spacial score (nSPS) is 11.5. The predicted molar refractivity (Wildman–Crippen MR) is 281 cm³/mol. The zero-order valence-electron chi connectivity index (χ0n) is 36.5. The van der Waals surface area contributed by atoms with E-state index in [-0.39, 0.29) is 0 Å². The maximum atomic E-state index is 6.42. The van der Waals surface area contributed by atoms with Crippen molar-refractivity contribution in [2.24, 2.45) is 0 Å². The molecule has 318 valence electrons. The van der Waals surface area contributed by atoms with Gasteiger partial charge < -0.3 is 4.42 Å². The fraction of sp³-hybridized carbons (Fsp3) is 0. The highest BCUT2D eigenvalue weighted by atomic mass is 32.1. The zero-order chi connectivity index (χ0) is 45.0. The second-order valence-corrected chi connectivity index (χ2v) is 18.0. The van der Waals surface area contributed by atoms with Crippen LogP contribution in [0.5, 0.6) is 0 Å². The van der Waals surface area contributed by atoms with Crippen molar-refractivity contribution in [3.05, 3.63) is 231 Å². The minimum absolute atomic E-state index is 0.565. The first-order valence-electron chi connectivity index (χ1n) is 22.7. The Morgan fingerprint density at radius 3 is 1.28 bits per heavy atom. The molecule has 0 radical (unpaired) electrons. The molecule has 9 aromatic carbocycles. The first-order chi connectivity index (χ1) is 33.7. The lowest BCUT2D eigenvalue weighted by Gasteiger charge is -2.12. The van der Waals surface area contributed by atoms with Gasteiger partial charge in [-0.25, -0.2) is 15.0 Å². The molecule has 6 heteroatoms. The van der Waals surface area contributed by atoms with Crippen LogP contribution in [0.3, 0.4) is 0 Å². The quantitative estimate of drug-likeness (QED) is 0.152. The van der Waals surface area contributed by atoms with Gasteiger partial charge in [0.25, 0.3) is 0 Å². The van der Waals surface area contributed by atoms with Crippen molar-refractivity contribution in [3.63, 3.8) is 0 Å². The average Bonchev–Trinajstić information content (AvgIpc) is 4.00. The van der Waals surface area contributed by atoms with Crippen LogP contribution in [0.1, 0.15) is 0 Å². The fourth-order valence-electron chi connectivity index (χ4n) is 9.38. The smallest absolute Gasteiger partial charge is 0.231 e. The monoisotopic (exact) mass is 886 g/mol. The van der Waals surface area contributed by atoms with Gasteiger partial charge in [0.1, 0.15) is 10.4 Å². The zero-order valence-corrected chi connectivity index (χ0v) is 37.4. The second kappa shape index (κ2) is 16.5. The Hall–Kier alpha value is -8.84. The number of aromatic nitrogens is 4. The Bertz CT molecular complexity index is 3750. The first-order valence-corrected chi connectivity index (χ1v) is 23.5. The van der Waals surface area contributed by atoms with E-state index in [0.29, 0.717) is 17.4 Å². The van der Waals surface area contributed by atoms with E-state index in [1.807, 2.05) is 30.3 Å². The number of nitrogens with zero attached hydrogens (tertiary/aromatic N) is 4. The lowest BCUT2D eigenvalue weighted by atomic mass is 9.95. The molecule has 0 unspecified atom stereocenters. The van der Waals surface area contributed by atoms with E-state index in [1.54, 1.807) is 11.3 Å². The number of fused-ring (bicyclic) bond motifs is 6. The molecule has 0 aliphatic rings. The molecule has 0 aliphatic carbocycles. The lowest BCUT2D eigenvalue weighted by Crippen LogP contribution is -1.94. The van der Waals surface area contributed by atoms with Crippen molar-refractivity contribution in [1.29, 1.82) is 0 Å². The van der Waals surface area contributed by atoms with Crippen LogP contribution < -0.4 is 0 Å². The third kappa shape index (κ3) is 7.12. The highest BCUT2D eigenvalue weighted by molar-refractivity contribution is 7.25. The van der Waals surface area contributed by atoms with Gasteiger partial charge in [-0.2, -0.15) is 4.98 Å². The van der Waals surface area contributed by atoms with Crippen LogP contribution in [0.4, 0.5) is 0 Å².